The van der Waals surface area contributed by atoms with Crippen molar-refractivity contribution in [2.75, 3.05) is 46.7 Å². The minimum atomic E-state index is -0.114. The monoisotopic (exact) mass is 558 g/mol. The van der Waals surface area contributed by atoms with Gasteiger partial charge in [-0.05, 0) is 103 Å². The zero-order chi connectivity index (χ0) is 27.9. The molecule has 220 valence electrons. The number of hydrogen-bond acceptors (Lipinski definition) is 6. The van der Waals surface area contributed by atoms with Crippen molar-refractivity contribution in [2.24, 2.45) is 11.3 Å². The average Bonchev–Trinajstić information content (AvgIpc) is 3.51. The molecule has 7 rings (SSSR count). The van der Waals surface area contributed by atoms with Crippen LogP contribution in [-0.2, 0) is 18.9 Å². The number of hydrogen-bond donors (Lipinski definition) is 1. The maximum atomic E-state index is 7.49. The van der Waals surface area contributed by atoms with E-state index in [1.807, 2.05) is 12.4 Å². The fourth-order valence-electron chi connectivity index (χ4n) is 9.25. The van der Waals surface area contributed by atoms with Crippen LogP contribution in [0.2, 0.25) is 0 Å². The minimum Gasteiger partial charge on any atom is -0.382 e. The highest BCUT2D eigenvalue weighted by Gasteiger charge is 2.66. The Morgan fingerprint density at radius 2 is 1.88 bits per heavy atom. The quantitative estimate of drug-likeness (QED) is 0.336. The van der Waals surface area contributed by atoms with Gasteiger partial charge in [-0.3, -0.25) is 4.98 Å². The zero-order valence-corrected chi connectivity index (χ0v) is 24.8. The number of nitrogens with one attached hydrogen (secondary N) is 1. The fourth-order valence-corrected chi connectivity index (χ4v) is 9.25. The van der Waals surface area contributed by atoms with E-state index < -0.39 is 0 Å². The first-order chi connectivity index (χ1) is 20.1. The molecule has 2 saturated carbocycles. The summed E-state index contributed by atoms with van der Waals surface area (Å²) in [4.78, 5) is 4.39. The Bertz CT molecular complexity index is 1320. The molecule has 3 heterocycles. The molecule has 0 radical (unpaired) electrons. The van der Waals surface area contributed by atoms with Gasteiger partial charge in [0.25, 0.3) is 0 Å². The normalized spacial score (nSPS) is 35.5. The van der Waals surface area contributed by atoms with Crippen LogP contribution >= 0.6 is 0 Å². The molecule has 1 aromatic carbocycles. The van der Waals surface area contributed by atoms with E-state index in [4.69, 9.17) is 18.9 Å². The molecular weight excluding hydrogens is 512 g/mol. The number of benzene rings is 1. The standard InChI is InChI=1S/C35H46N2O4/c1-33-11-9-29-22-28-5-6-30(37-15-16-39-19-20-40-18-17-38-2)23-34(28)12-13-35(29,41-34)32(33)8-7-31(33)26-4-3-25-10-14-36-24-27(25)21-26/h3-4,9-10,14,21-22,24,30-32,37H,5-8,11-13,15-20,23H2,1-2H3/t30?,31-,32-,33?,34-,35-/m1/s1. The molecule has 2 bridgehead atoms. The average molecular weight is 559 g/mol. The molecule has 6 nitrogen and oxygen atoms in total. The Morgan fingerprint density at radius 1 is 1.00 bits per heavy atom. The van der Waals surface area contributed by atoms with E-state index >= 15 is 0 Å². The van der Waals surface area contributed by atoms with E-state index in [9.17, 15) is 0 Å². The SMILES string of the molecule is COCCOCCOCCNC1CCC2=CC3=CCC4(C)[C@@H](c5ccc6ccncc6c5)CC[C@H]4[C@@]34CC[C@]2(C1)O4. The van der Waals surface area contributed by atoms with Crippen LogP contribution in [0.25, 0.3) is 10.8 Å². The molecule has 1 saturated heterocycles. The summed E-state index contributed by atoms with van der Waals surface area (Å²) >= 11 is 0. The molecule has 2 spiro atoms. The Balaban J connectivity index is 1.02. The van der Waals surface area contributed by atoms with Gasteiger partial charge in [0.15, 0.2) is 0 Å². The first-order valence-electron chi connectivity index (χ1n) is 15.9. The van der Waals surface area contributed by atoms with Crippen molar-refractivity contribution >= 4 is 10.8 Å². The predicted octanol–water partition coefficient (Wildman–Crippen LogP) is 6.11. The van der Waals surface area contributed by atoms with E-state index in [0.29, 0.717) is 50.9 Å². The van der Waals surface area contributed by atoms with E-state index in [1.165, 1.54) is 41.2 Å². The molecule has 1 N–H and O–H groups in total. The largest absolute Gasteiger partial charge is 0.382 e. The smallest absolute Gasteiger partial charge is 0.0974 e. The Labute approximate surface area is 244 Å². The number of pyridine rings is 1. The van der Waals surface area contributed by atoms with Gasteiger partial charge in [0, 0.05) is 37.5 Å². The topological polar surface area (TPSA) is 61.8 Å². The predicted molar refractivity (Wildman–Crippen MR) is 161 cm³/mol. The third-order valence-electron chi connectivity index (χ3n) is 11.2. The number of fused-ring (bicyclic) bond motifs is 2. The second-order valence-corrected chi connectivity index (χ2v) is 13.3. The summed E-state index contributed by atoms with van der Waals surface area (Å²) in [7, 11) is 1.69. The lowest BCUT2D eigenvalue weighted by Gasteiger charge is -2.54. The lowest BCUT2D eigenvalue weighted by Crippen LogP contribution is -2.55. The fraction of sp³-hybridized carbons (Fsp3) is 0.629. The maximum Gasteiger partial charge on any atom is 0.0974 e. The highest BCUT2D eigenvalue weighted by molar-refractivity contribution is 5.82. The molecule has 2 unspecified atom stereocenters. The van der Waals surface area contributed by atoms with E-state index in [-0.39, 0.29) is 16.6 Å². The van der Waals surface area contributed by atoms with Gasteiger partial charge in [0.05, 0.1) is 44.2 Å². The maximum absolute atomic E-state index is 7.49. The second-order valence-electron chi connectivity index (χ2n) is 13.3. The first-order valence-corrected chi connectivity index (χ1v) is 15.9. The van der Waals surface area contributed by atoms with Gasteiger partial charge in [-0.25, -0.2) is 0 Å². The number of aromatic nitrogens is 1. The van der Waals surface area contributed by atoms with Crippen LogP contribution in [0.4, 0.5) is 0 Å². The Morgan fingerprint density at radius 3 is 2.78 bits per heavy atom. The van der Waals surface area contributed by atoms with Crippen LogP contribution in [0, 0.1) is 11.3 Å². The van der Waals surface area contributed by atoms with E-state index in [2.05, 4.69) is 53.6 Å². The van der Waals surface area contributed by atoms with Gasteiger partial charge in [-0.1, -0.05) is 31.2 Å². The zero-order valence-electron chi connectivity index (χ0n) is 24.8. The second kappa shape index (κ2) is 11.2. The van der Waals surface area contributed by atoms with Crippen LogP contribution in [0.3, 0.4) is 0 Å². The number of ether oxygens (including phenoxy) is 4. The van der Waals surface area contributed by atoms with Crippen molar-refractivity contribution in [1.82, 2.24) is 10.3 Å². The number of methoxy groups -OCH3 is 1. The van der Waals surface area contributed by atoms with Crippen molar-refractivity contribution < 1.29 is 18.9 Å². The van der Waals surface area contributed by atoms with Crippen molar-refractivity contribution in [3.8, 4) is 0 Å². The van der Waals surface area contributed by atoms with E-state index in [0.717, 1.165) is 38.6 Å². The molecule has 6 atom stereocenters. The van der Waals surface area contributed by atoms with Crippen LogP contribution in [-0.4, -0.2) is 68.9 Å². The summed E-state index contributed by atoms with van der Waals surface area (Å²) in [6.07, 6.45) is 18.4. The third-order valence-corrected chi connectivity index (χ3v) is 11.2. The van der Waals surface area contributed by atoms with Crippen molar-refractivity contribution in [3.63, 3.8) is 0 Å². The van der Waals surface area contributed by atoms with Crippen LogP contribution in [0.15, 0.2) is 60.0 Å². The summed E-state index contributed by atoms with van der Waals surface area (Å²) in [5, 5.41) is 6.33. The molecule has 1 aromatic heterocycles. The molecular formula is C35H46N2O4. The van der Waals surface area contributed by atoms with E-state index in [1.54, 1.807) is 12.7 Å². The van der Waals surface area contributed by atoms with Crippen LogP contribution < -0.4 is 5.32 Å². The number of nitrogens with zero attached hydrogens (tertiary/aromatic N) is 1. The van der Waals surface area contributed by atoms with Gasteiger partial charge in [-0.2, -0.15) is 0 Å². The van der Waals surface area contributed by atoms with Crippen molar-refractivity contribution in [1.29, 1.82) is 0 Å². The summed E-state index contributed by atoms with van der Waals surface area (Å²) in [5.41, 5.74) is 4.55. The summed E-state index contributed by atoms with van der Waals surface area (Å²) in [5.74, 6) is 1.12. The first kappa shape index (κ1) is 27.7. The number of rotatable bonds is 11. The van der Waals surface area contributed by atoms with Crippen LogP contribution in [0.1, 0.15) is 69.8 Å². The molecule has 2 aromatic rings. The van der Waals surface area contributed by atoms with Gasteiger partial charge >= 0.3 is 0 Å². The summed E-state index contributed by atoms with van der Waals surface area (Å²) in [6.45, 7) is 6.65. The lowest BCUT2D eigenvalue weighted by atomic mass is 9.58. The molecule has 3 fully saturated rings. The molecule has 5 aliphatic rings. The molecule has 3 aliphatic carbocycles. The molecule has 6 heteroatoms. The molecule has 2 aliphatic heterocycles. The van der Waals surface area contributed by atoms with Gasteiger partial charge in [-0.15, -0.1) is 0 Å². The third kappa shape index (κ3) is 4.80. The van der Waals surface area contributed by atoms with Gasteiger partial charge < -0.3 is 24.3 Å². The Hall–Kier alpha value is -2.09. The van der Waals surface area contributed by atoms with Crippen LogP contribution in [0.5, 0.6) is 0 Å². The Kier molecular flexibility index (Phi) is 7.57. The van der Waals surface area contributed by atoms with Gasteiger partial charge in [0.2, 0.25) is 0 Å². The highest BCUT2D eigenvalue weighted by Crippen LogP contribution is 2.69. The number of allylic oxidation sites excluding steroid dienone is 1. The van der Waals surface area contributed by atoms with Gasteiger partial charge in [0.1, 0.15) is 0 Å². The minimum absolute atomic E-state index is 0.0890. The summed E-state index contributed by atoms with van der Waals surface area (Å²) < 4.78 is 23.8. The van der Waals surface area contributed by atoms with Crippen molar-refractivity contribution in [2.45, 2.75) is 81.5 Å². The van der Waals surface area contributed by atoms with Crippen molar-refractivity contribution in [3.05, 3.63) is 65.5 Å². The highest BCUT2D eigenvalue weighted by atomic mass is 16.5. The molecule has 41 heavy (non-hydrogen) atoms. The lowest BCUT2D eigenvalue weighted by molar-refractivity contribution is -0.136. The molecule has 0 amide bonds. The summed E-state index contributed by atoms with van der Waals surface area (Å²) in [6, 6.07) is 9.67.